The van der Waals surface area contributed by atoms with Gasteiger partial charge >= 0.3 is 0 Å². The van der Waals surface area contributed by atoms with E-state index in [-0.39, 0.29) is 5.91 Å². The first kappa shape index (κ1) is 11.5. The van der Waals surface area contributed by atoms with Crippen molar-refractivity contribution >= 4 is 27.5 Å². The Balaban J connectivity index is 1.84. The van der Waals surface area contributed by atoms with Crippen LogP contribution in [0.2, 0.25) is 0 Å². The summed E-state index contributed by atoms with van der Waals surface area (Å²) in [4.78, 5) is 12.2. The van der Waals surface area contributed by atoms with Crippen LogP contribution in [0.4, 0.5) is 5.69 Å². The van der Waals surface area contributed by atoms with Crippen LogP contribution in [0.1, 0.15) is 29.4 Å². The van der Waals surface area contributed by atoms with Crippen LogP contribution < -0.4 is 5.32 Å². The van der Waals surface area contributed by atoms with Gasteiger partial charge in [0.2, 0.25) is 0 Å². The number of nitrogens with one attached hydrogen (secondary N) is 1. The van der Waals surface area contributed by atoms with Gasteiger partial charge in [0.25, 0.3) is 5.91 Å². The van der Waals surface area contributed by atoms with Gasteiger partial charge in [0, 0.05) is 22.4 Å². The van der Waals surface area contributed by atoms with E-state index >= 15 is 0 Å². The van der Waals surface area contributed by atoms with Crippen molar-refractivity contribution in [3.05, 3.63) is 52.8 Å². The van der Waals surface area contributed by atoms with Gasteiger partial charge in [0.05, 0.1) is 0 Å². The van der Waals surface area contributed by atoms with Gasteiger partial charge in [0.15, 0.2) is 0 Å². The Bertz CT molecular complexity index is 573. The molecular formula is C14H13BrN2O. The third-order valence-electron chi connectivity index (χ3n) is 3.02. The van der Waals surface area contributed by atoms with Gasteiger partial charge in [-0.1, -0.05) is 18.2 Å². The molecule has 1 aromatic carbocycles. The summed E-state index contributed by atoms with van der Waals surface area (Å²) in [7, 11) is 0. The molecule has 1 aliphatic rings. The summed E-state index contributed by atoms with van der Waals surface area (Å²) in [6.45, 7) is 0. The minimum absolute atomic E-state index is 0.0567. The van der Waals surface area contributed by atoms with Crippen LogP contribution in [0, 0.1) is 0 Å². The predicted octanol–water partition coefficient (Wildman–Crippen LogP) is 3.84. The number of halogens is 1. The summed E-state index contributed by atoms with van der Waals surface area (Å²) < 4.78 is 3.01. The maximum absolute atomic E-state index is 12.2. The molecule has 92 valence electrons. The number of benzene rings is 1. The van der Waals surface area contributed by atoms with Crippen molar-refractivity contribution < 1.29 is 4.79 Å². The highest BCUT2D eigenvalue weighted by Crippen LogP contribution is 2.37. The Morgan fingerprint density at radius 3 is 2.67 bits per heavy atom. The Labute approximate surface area is 114 Å². The molecule has 0 unspecified atom stereocenters. The molecular weight excluding hydrogens is 292 g/mol. The van der Waals surface area contributed by atoms with E-state index in [1.54, 1.807) is 0 Å². The minimum atomic E-state index is -0.0567. The molecule has 3 rings (SSSR count). The van der Waals surface area contributed by atoms with Crippen molar-refractivity contribution in [1.82, 2.24) is 4.57 Å². The molecule has 1 fully saturated rings. The van der Waals surface area contributed by atoms with E-state index in [2.05, 4.69) is 25.8 Å². The monoisotopic (exact) mass is 304 g/mol. The molecule has 2 aromatic rings. The zero-order valence-electron chi connectivity index (χ0n) is 9.77. The molecule has 1 aromatic heterocycles. The van der Waals surface area contributed by atoms with E-state index in [4.69, 9.17) is 0 Å². The van der Waals surface area contributed by atoms with E-state index in [1.165, 1.54) is 0 Å². The number of carbonyl (C=O) groups is 1. The predicted molar refractivity (Wildman–Crippen MR) is 74.8 cm³/mol. The first-order valence-electron chi connectivity index (χ1n) is 5.98. The number of nitrogens with zero attached hydrogens (tertiary/aromatic N) is 1. The molecule has 1 saturated carbocycles. The Kier molecular flexibility index (Phi) is 2.96. The highest BCUT2D eigenvalue weighted by Gasteiger charge is 2.27. The van der Waals surface area contributed by atoms with Crippen molar-refractivity contribution in [3.8, 4) is 0 Å². The highest BCUT2D eigenvalue weighted by molar-refractivity contribution is 9.10. The van der Waals surface area contributed by atoms with Gasteiger partial charge < -0.3 is 9.88 Å². The zero-order valence-corrected chi connectivity index (χ0v) is 11.4. The molecule has 1 amide bonds. The zero-order chi connectivity index (χ0) is 12.5. The average Bonchev–Trinajstić information content (AvgIpc) is 3.13. The highest BCUT2D eigenvalue weighted by atomic mass is 79.9. The maximum Gasteiger partial charge on any atom is 0.272 e. The van der Waals surface area contributed by atoms with Crippen molar-refractivity contribution in [2.24, 2.45) is 0 Å². The van der Waals surface area contributed by atoms with Crippen LogP contribution in [-0.2, 0) is 0 Å². The fraction of sp³-hybridized carbons (Fsp3) is 0.214. The number of carbonyl (C=O) groups excluding carboxylic acids is 1. The van der Waals surface area contributed by atoms with Crippen molar-refractivity contribution in [1.29, 1.82) is 0 Å². The lowest BCUT2D eigenvalue weighted by Crippen LogP contribution is -2.16. The Morgan fingerprint density at radius 1 is 1.28 bits per heavy atom. The molecule has 0 aliphatic heterocycles. The third-order valence-corrected chi connectivity index (χ3v) is 3.45. The van der Waals surface area contributed by atoms with Crippen LogP contribution in [0.15, 0.2) is 47.1 Å². The van der Waals surface area contributed by atoms with Crippen LogP contribution in [0.5, 0.6) is 0 Å². The lowest BCUT2D eigenvalue weighted by Gasteiger charge is -2.08. The lowest BCUT2D eigenvalue weighted by molar-refractivity contribution is 0.101. The SMILES string of the molecule is O=C(Nc1ccccc1)c1cc(Br)cn1C1CC1. The summed E-state index contributed by atoms with van der Waals surface area (Å²) >= 11 is 3.43. The van der Waals surface area contributed by atoms with Gasteiger partial charge in [-0.2, -0.15) is 0 Å². The molecule has 0 atom stereocenters. The number of para-hydroxylation sites is 1. The molecule has 3 nitrogen and oxygen atoms in total. The minimum Gasteiger partial charge on any atom is -0.339 e. The summed E-state index contributed by atoms with van der Waals surface area (Å²) in [5.74, 6) is -0.0567. The normalized spacial score (nSPS) is 14.5. The van der Waals surface area contributed by atoms with Gasteiger partial charge in [-0.25, -0.2) is 0 Å². The van der Waals surface area contributed by atoms with E-state index in [1.807, 2.05) is 42.6 Å². The first-order valence-corrected chi connectivity index (χ1v) is 6.77. The summed E-state index contributed by atoms with van der Waals surface area (Å²) in [5.41, 5.74) is 1.54. The second-order valence-electron chi connectivity index (χ2n) is 4.50. The largest absolute Gasteiger partial charge is 0.339 e. The molecule has 0 spiro atoms. The topological polar surface area (TPSA) is 34.0 Å². The summed E-state index contributed by atoms with van der Waals surface area (Å²) in [6.07, 6.45) is 4.30. The molecule has 1 heterocycles. The van der Waals surface area contributed by atoms with Gasteiger partial charge in [-0.15, -0.1) is 0 Å². The molecule has 4 heteroatoms. The van der Waals surface area contributed by atoms with Crippen molar-refractivity contribution in [2.75, 3.05) is 5.32 Å². The first-order chi connectivity index (χ1) is 8.74. The quantitative estimate of drug-likeness (QED) is 0.918. The fourth-order valence-corrected chi connectivity index (χ4v) is 2.44. The number of rotatable bonds is 3. The van der Waals surface area contributed by atoms with Crippen LogP contribution >= 0.6 is 15.9 Å². The van der Waals surface area contributed by atoms with Gasteiger partial charge in [-0.05, 0) is 47.0 Å². The van der Waals surface area contributed by atoms with Crippen LogP contribution in [-0.4, -0.2) is 10.5 Å². The maximum atomic E-state index is 12.2. The van der Waals surface area contributed by atoms with E-state index in [0.717, 1.165) is 23.0 Å². The number of amides is 1. The van der Waals surface area contributed by atoms with E-state index < -0.39 is 0 Å². The van der Waals surface area contributed by atoms with E-state index in [9.17, 15) is 4.79 Å². The lowest BCUT2D eigenvalue weighted by atomic mass is 10.3. The number of hydrogen-bond donors (Lipinski definition) is 1. The molecule has 1 N–H and O–H groups in total. The van der Waals surface area contributed by atoms with Gasteiger partial charge in [0.1, 0.15) is 5.69 Å². The molecule has 1 aliphatic carbocycles. The fourth-order valence-electron chi connectivity index (χ4n) is 2.00. The molecule has 18 heavy (non-hydrogen) atoms. The second kappa shape index (κ2) is 4.61. The molecule has 0 bridgehead atoms. The van der Waals surface area contributed by atoms with Crippen molar-refractivity contribution in [3.63, 3.8) is 0 Å². The van der Waals surface area contributed by atoms with Crippen molar-refractivity contribution in [2.45, 2.75) is 18.9 Å². The number of hydrogen-bond acceptors (Lipinski definition) is 1. The standard InChI is InChI=1S/C14H13BrN2O/c15-10-8-13(17(9-10)12-6-7-12)14(18)16-11-4-2-1-3-5-11/h1-5,8-9,12H,6-7H2,(H,16,18). The number of aromatic nitrogens is 1. The Morgan fingerprint density at radius 2 is 2.00 bits per heavy atom. The molecule has 0 radical (unpaired) electrons. The van der Waals surface area contributed by atoms with Crippen LogP contribution in [0.25, 0.3) is 0 Å². The van der Waals surface area contributed by atoms with Gasteiger partial charge in [-0.3, -0.25) is 4.79 Å². The smallest absolute Gasteiger partial charge is 0.272 e. The van der Waals surface area contributed by atoms with E-state index in [0.29, 0.717) is 11.7 Å². The Hall–Kier alpha value is -1.55. The third kappa shape index (κ3) is 2.34. The second-order valence-corrected chi connectivity index (χ2v) is 5.42. The average molecular weight is 305 g/mol. The summed E-state index contributed by atoms with van der Waals surface area (Å²) in [6, 6.07) is 11.9. The van der Waals surface area contributed by atoms with Crippen LogP contribution in [0.3, 0.4) is 0 Å². The molecule has 0 saturated heterocycles. The number of anilines is 1. The summed E-state index contributed by atoms with van der Waals surface area (Å²) in [5, 5.41) is 2.91.